The highest BCUT2D eigenvalue weighted by Gasteiger charge is 2.29. The van der Waals surface area contributed by atoms with Gasteiger partial charge in [0.25, 0.3) is 0 Å². The van der Waals surface area contributed by atoms with Gasteiger partial charge in [-0.2, -0.15) is 0 Å². The maximum Gasteiger partial charge on any atom is 0.353 e. The van der Waals surface area contributed by atoms with Crippen LogP contribution in [-0.4, -0.2) is 85.4 Å². The minimum absolute atomic E-state index is 0.0466. The van der Waals surface area contributed by atoms with E-state index in [0.717, 1.165) is 45.9 Å². The minimum atomic E-state index is -0.372. The zero-order chi connectivity index (χ0) is 22.5. The Bertz CT molecular complexity index is 941. The predicted molar refractivity (Wildman–Crippen MR) is 125 cm³/mol. The molecule has 0 spiro atoms. The van der Waals surface area contributed by atoms with Crippen LogP contribution in [-0.2, 0) is 4.74 Å². The molecule has 0 amide bonds. The fourth-order valence-electron chi connectivity index (χ4n) is 4.29. The summed E-state index contributed by atoms with van der Waals surface area (Å²) in [5, 5.41) is 15.1. The average molecular weight is 442 g/mol. The van der Waals surface area contributed by atoms with E-state index < -0.39 is 0 Å². The number of piperazine rings is 1. The van der Waals surface area contributed by atoms with E-state index in [4.69, 9.17) is 4.74 Å². The molecule has 32 heavy (non-hydrogen) atoms. The van der Waals surface area contributed by atoms with Crippen molar-refractivity contribution in [2.45, 2.75) is 13.8 Å². The zero-order valence-corrected chi connectivity index (χ0v) is 18.8. The highest BCUT2D eigenvalue weighted by atomic mass is 16.6. The van der Waals surface area contributed by atoms with Gasteiger partial charge >= 0.3 is 5.69 Å². The van der Waals surface area contributed by atoms with Crippen molar-refractivity contribution in [2.24, 2.45) is 0 Å². The monoisotopic (exact) mass is 441 g/mol. The molecule has 2 fully saturated rings. The molecule has 2 aliphatic heterocycles. The molecule has 10 heteroatoms. The number of nitrogens with zero attached hydrogens (tertiary/aromatic N) is 6. The molecule has 2 saturated heterocycles. The molecule has 0 saturated carbocycles. The highest BCUT2D eigenvalue weighted by molar-refractivity contribution is 5.71. The number of benzene rings is 1. The molecular weight excluding hydrogens is 410 g/mol. The second-order valence-corrected chi connectivity index (χ2v) is 8.23. The fraction of sp³-hybridized carbons (Fsp3) is 0.545. The van der Waals surface area contributed by atoms with E-state index in [1.807, 2.05) is 4.90 Å². The number of nitrogens with one attached hydrogen (secondary N) is 1. The van der Waals surface area contributed by atoms with Crippen LogP contribution >= 0.6 is 0 Å². The maximum absolute atomic E-state index is 11.9. The SMILES string of the molecule is Cc1cccc(N2CCN(c3ncnc(NCCN4CCOCC4)c3[N+](=O)[O-])CC2)c1C. The van der Waals surface area contributed by atoms with Crippen LogP contribution in [0.2, 0.25) is 0 Å². The van der Waals surface area contributed by atoms with Crippen LogP contribution in [0.5, 0.6) is 0 Å². The lowest BCUT2D eigenvalue weighted by molar-refractivity contribution is -0.383. The topological polar surface area (TPSA) is 99.9 Å². The summed E-state index contributed by atoms with van der Waals surface area (Å²) in [6.45, 7) is 11.7. The molecule has 4 rings (SSSR count). The third-order valence-corrected chi connectivity index (χ3v) is 6.31. The van der Waals surface area contributed by atoms with Gasteiger partial charge in [-0.3, -0.25) is 15.0 Å². The first-order valence-electron chi connectivity index (χ1n) is 11.1. The highest BCUT2D eigenvalue weighted by Crippen LogP contribution is 2.33. The Kier molecular flexibility index (Phi) is 7.01. The zero-order valence-electron chi connectivity index (χ0n) is 18.8. The molecule has 2 aromatic rings. The number of aryl methyl sites for hydroxylation is 1. The quantitative estimate of drug-likeness (QED) is 0.511. The Morgan fingerprint density at radius 1 is 1.06 bits per heavy atom. The van der Waals surface area contributed by atoms with Crippen molar-refractivity contribution in [3.8, 4) is 0 Å². The number of ether oxygens (including phenoxy) is 1. The predicted octanol–water partition coefficient (Wildman–Crippen LogP) is 2.07. The molecule has 10 nitrogen and oxygen atoms in total. The van der Waals surface area contributed by atoms with Crippen LogP contribution in [0.3, 0.4) is 0 Å². The molecule has 2 aliphatic rings. The summed E-state index contributed by atoms with van der Waals surface area (Å²) in [4.78, 5) is 26.7. The van der Waals surface area contributed by atoms with Crippen LogP contribution in [0.25, 0.3) is 0 Å². The van der Waals surface area contributed by atoms with Gasteiger partial charge in [-0.05, 0) is 31.0 Å². The lowest BCUT2D eigenvalue weighted by atomic mass is 10.1. The van der Waals surface area contributed by atoms with Crippen molar-refractivity contribution in [3.63, 3.8) is 0 Å². The Balaban J connectivity index is 1.43. The van der Waals surface area contributed by atoms with Gasteiger partial charge in [-0.25, -0.2) is 9.97 Å². The average Bonchev–Trinajstić information content (AvgIpc) is 2.81. The van der Waals surface area contributed by atoms with E-state index in [-0.39, 0.29) is 16.4 Å². The molecular formula is C22H31N7O3. The lowest BCUT2D eigenvalue weighted by Crippen LogP contribution is -2.47. The molecule has 1 N–H and O–H groups in total. The van der Waals surface area contributed by atoms with E-state index in [0.29, 0.717) is 25.5 Å². The van der Waals surface area contributed by atoms with Crippen molar-refractivity contribution >= 4 is 23.0 Å². The smallest absolute Gasteiger partial charge is 0.353 e. The molecule has 1 aromatic heterocycles. The van der Waals surface area contributed by atoms with Crippen molar-refractivity contribution in [2.75, 3.05) is 80.7 Å². The molecule has 0 radical (unpaired) electrons. The summed E-state index contributed by atoms with van der Waals surface area (Å²) in [6.07, 6.45) is 1.41. The summed E-state index contributed by atoms with van der Waals surface area (Å²) >= 11 is 0. The summed E-state index contributed by atoms with van der Waals surface area (Å²) < 4.78 is 5.36. The number of aromatic nitrogens is 2. The first-order chi connectivity index (χ1) is 15.5. The first kappa shape index (κ1) is 22.2. The molecule has 0 aliphatic carbocycles. The van der Waals surface area contributed by atoms with Gasteiger partial charge < -0.3 is 19.9 Å². The Hall–Kier alpha value is -2.98. The lowest BCUT2D eigenvalue weighted by Gasteiger charge is -2.37. The normalized spacial score (nSPS) is 17.4. The van der Waals surface area contributed by atoms with Crippen molar-refractivity contribution in [3.05, 3.63) is 45.8 Å². The number of hydrogen-bond donors (Lipinski definition) is 1. The molecule has 1 aromatic carbocycles. The second kappa shape index (κ2) is 10.1. The van der Waals surface area contributed by atoms with E-state index in [2.05, 4.69) is 57.1 Å². The molecule has 0 bridgehead atoms. The number of rotatable bonds is 7. The number of hydrogen-bond acceptors (Lipinski definition) is 9. The first-order valence-corrected chi connectivity index (χ1v) is 11.1. The summed E-state index contributed by atoms with van der Waals surface area (Å²) in [5.74, 6) is 0.671. The van der Waals surface area contributed by atoms with E-state index in [9.17, 15) is 10.1 Å². The third-order valence-electron chi connectivity index (χ3n) is 6.31. The molecule has 3 heterocycles. The third kappa shape index (κ3) is 4.91. The molecule has 0 unspecified atom stereocenters. The van der Waals surface area contributed by atoms with Crippen LogP contribution in [0.1, 0.15) is 11.1 Å². The summed E-state index contributed by atoms with van der Waals surface area (Å²) in [5.41, 5.74) is 3.73. The van der Waals surface area contributed by atoms with Gasteiger partial charge in [0.05, 0.1) is 18.1 Å². The van der Waals surface area contributed by atoms with Gasteiger partial charge in [0.2, 0.25) is 11.6 Å². The van der Waals surface area contributed by atoms with Gasteiger partial charge in [-0.15, -0.1) is 0 Å². The van der Waals surface area contributed by atoms with Crippen molar-refractivity contribution in [1.82, 2.24) is 14.9 Å². The van der Waals surface area contributed by atoms with E-state index >= 15 is 0 Å². The number of morpholine rings is 1. The van der Waals surface area contributed by atoms with Gasteiger partial charge in [0, 0.05) is 58.0 Å². The van der Waals surface area contributed by atoms with Crippen LogP contribution < -0.4 is 15.1 Å². The van der Waals surface area contributed by atoms with Gasteiger partial charge in [-0.1, -0.05) is 12.1 Å². The van der Waals surface area contributed by atoms with Crippen LogP contribution in [0, 0.1) is 24.0 Å². The Morgan fingerprint density at radius 3 is 2.50 bits per heavy atom. The van der Waals surface area contributed by atoms with E-state index in [1.54, 1.807) is 0 Å². The minimum Gasteiger partial charge on any atom is -0.379 e. The second-order valence-electron chi connectivity index (χ2n) is 8.23. The molecule has 0 atom stereocenters. The largest absolute Gasteiger partial charge is 0.379 e. The van der Waals surface area contributed by atoms with E-state index in [1.165, 1.54) is 23.1 Å². The summed E-state index contributed by atoms with van der Waals surface area (Å²) in [7, 11) is 0. The van der Waals surface area contributed by atoms with Gasteiger partial charge in [0.1, 0.15) is 6.33 Å². The standard InChI is InChI=1S/C22H31N7O3/c1-17-4-3-5-19(18(17)2)27-8-10-28(11-9-27)22-20(29(30)31)21(24-16-25-22)23-6-7-26-12-14-32-15-13-26/h3-5,16H,6-15H2,1-2H3,(H,23,24,25). The van der Waals surface area contributed by atoms with Crippen LogP contribution in [0.15, 0.2) is 24.5 Å². The Morgan fingerprint density at radius 2 is 1.78 bits per heavy atom. The van der Waals surface area contributed by atoms with Crippen molar-refractivity contribution in [1.29, 1.82) is 0 Å². The Labute approximate surface area is 188 Å². The summed E-state index contributed by atoms with van der Waals surface area (Å²) in [6, 6.07) is 6.34. The number of nitro groups is 1. The van der Waals surface area contributed by atoms with Crippen LogP contribution in [0.4, 0.5) is 23.0 Å². The maximum atomic E-state index is 11.9. The number of anilines is 3. The van der Waals surface area contributed by atoms with Gasteiger partial charge in [0.15, 0.2) is 0 Å². The molecule has 172 valence electrons. The van der Waals surface area contributed by atoms with Crippen molar-refractivity contribution < 1.29 is 9.66 Å². The fourth-order valence-corrected chi connectivity index (χ4v) is 4.29.